The molecular formula is C12H22N4O2. The fraction of sp³-hybridized carbons (Fsp3) is 0.667. The van der Waals surface area contributed by atoms with Crippen LogP contribution in [0.15, 0.2) is 17.1 Å². The minimum absolute atomic E-state index is 0.0699. The van der Waals surface area contributed by atoms with E-state index in [-0.39, 0.29) is 12.5 Å². The first-order valence-electron chi connectivity index (χ1n) is 6.14. The Hall–Kier alpha value is -1.56. The largest absolute Gasteiger partial charge is 0.383 e. The maximum atomic E-state index is 11.5. The molecule has 0 radical (unpaired) electrons. The van der Waals surface area contributed by atoms with E-state index in [4.69, 9.17) is 4.74 Å². The summed E-state index contributed by atoms with van der Waals surface area (Å²) in [6, 6.07) is 0.382. The summed E-state index contributed by atoms with van der Waals surface area (Å²) in [7, 11) is 3.30. The maximum absolute atomic E-state index is 11.5. The molecule has 0 aromatic heterocycles. The standard InChI is InChI=1S/C12H22N4O2/c1-13-12(16-10-5-3-4-6-10)15-9-11(17)14-7-8-18-2/h3-4,10H,5-9H2,1-2H3,(H,14,17)(H2,13,15,16). The summed E-state index contributed by atoms with van der Waals surface area (Å²) in [5, 5.41) is 8.98. The van der Waals surface area contributed by atoms with Crippen LogP contribution in [0, 0.1) is 0 Å². The summed E-state index contributed by atoms with van der Waals surface area (Å²) in [5.74, 6) is 0.588. The number of ether oxygens (including phenoxy) is 1. The molecule has 0 bridgehead atoms. The molecule has 3 N–H and O–H groups in total. The van der Waals surface area contributed by atoms with Gasteiger partial charge in [-0.3, -0.25) is 9.79 Å². The number of nitrogens with zero attached hydrogens (tertiary/aromatic N) is 1. The van der Waals surface area contributed by atoms with Gasteiger partial charge in [0, 0.05) is 26.7 Å². The zero-order valence-electron chi connectivity index (χ0n) is 11.0. The number of hydrogen-bond acceptors (Lipinski definition) is 3. The number of hydrogen-bond donors (Lipinski definition) is 3. The van der Waals surface area contributed by atoms with Crippen LogP contribution in [0.1, 0.15) is 12.8 Å². The predicted octanol–water partition coefficient (Wildman–Crippen LogP) is -0.367. The van der Waals surface area contributed by atoms with E-state index in [0.29, 0.717) is 25.2 Å². The van der Waals surface area contributed by atoms with Gasteiger partial charge in [-0.2, -0.15) is 0 Å². The van der Waals surface area contributed by atoms with Gasteiger partial charge in [0.15, 0.2) is 5.96 Å². The number of methoxy groups -OCH3 is 1. The van der Waals surface area contributed by atoms with Crippen molar-refractivity contribution in [3.05, 3.63) is 12.2 Å². The van der Waals surface area contributed by atoms with Crippen molar-refractivity contribution in [1.29, 1.82) is 0 Å². The number of aliphatic imine (C=N–C) groups is 1. The minimum atomic E-state index is -0.0699. The van der Waals surface area contributed by atoms with E-state index in [1.165, 1.54) is 0 Å². The summed E-state index contributed by atoms with van der Waals surface area (Å²) in [5.41, 5.74) is 0. The topological polar surface area (TPSA) is 74.8 Å². The molecule has 0 aromatic carbocycles. The van der Waals surface area contributed by atoms with Gasteiger partial charge in [0.2, 0.25) is 5.91 Å². The van der Waals surface area contributed by atoms with Gasteiger partial charge in [-0.1, -0.05) is 12.2 Å². The second-order valence-electron chi connectivity index (χ2n) is 4.05. The molecule has 1 aliphatic carbocycles. The first-order chi connectivity index (χ1) is 8.76. The Kier molecular flexibility index (Phi) is 6.86. The zero-order valence-corrected chi connectivity index (χ0v) is 11.0. The van der Waals surface area contributed by atoms with E-state index in [1.54, 1.807) is 14.2 Å². The van der Waals surface area contributed by atoms with Crippen LogP contribution in [0.3, 0.4) is 0 Å². The van der Waals surface area contributed by atoms with Crippen molar-refractivity contribution in [2.75, 3.05) is 33.9 Å². The Bertz CT molecular complexity index is 307. The molecule has 1 amide bonds. The van der Waals surface area contributed by atoms with Gasteiger partial charge in [-0.05, 0) is 12.8 Å². The van der Waals surface area contributed by atoms with Gasteiger partial charge in [0.1, 0.15) is 0 Å². The Balaban J connectivity index is 2.16. The summed E-state index contributed by atoms with van der Waals surface area (Å²) in [6.45, 7) is 1.26. The molecule has 0 atom stereocenters. The first-order valence-corrected chi connectivity index (χ1v) is 6.14. The third-order valence-electron chi connectivity index (χ3n) is 2.62. The molecule has 0 fully saturated rings. The highest BCUT2D eigenvalue weighted by atomic mass is 16.5. The van der Waals surface area contributed by atoms with Gasteiger partial charge in [-0.15, -0.1) is 0 Å². The molecule has 1 aliphatic rings. The SMILES string of the molecule is CN=C(NCC(=O)NCCOC)NC1CC=CC1. The van der Waals surface area contributed by atoms with Crippen LogP contribution in [0.5, 0.6) is 0 Å². The lowest BCUT2D eigenvalue weighted by Gasteiger charge is -2.16. The van der Waals surface area contributed by atoms with Crippen LogP contribution in [-0.2, 0) is 9.53 Å². The van der Waals surface area contributed by atoms with Crippen LogP contribution >= 0.6 is 0 Å². The van der Waals surface area contributed by atoms with E-state index in [9.17, 15) is 4.79 Å². The van der Waals surface area contributed by atoms with Crippen LogP contribution in [-0.4, -0.2) is 51.8 Å². The van der Waals surface area contributed by atoms with Crippen molar-refractivity contribution in [3.63, 3.8) is 0 Å². The van der Waals surface area contributed by atoms with Gasteiger partial charge in [-0.25, -0.2) is 0 Å². The number of amides is 1. The average molecular weight is 254 g/mol. The molecule has 0 saturated heterocycles. The van der Waals surface area contributed by atoms with E-state index < -0.39 is 0 Å². The first kappa shape index (κ1) is 14.5. The Morgan fingerprint density at radius 3 is 2.72 bits per heavy atom. The van der Waals surface area contributed by atoms with Gasteiger partial charge in [0.25, 0.3) is 0 Å². The van der Waals surface area contributed by atoms with Crippen LogP contribution in [0.2, 0.25) is 0 Å². The molecule has 0 saturated carbocycles. The zero-order chi connectivity index (χ0) is 13.2. The summed E-state index contributed by atoms with van der Waals surface area (Å²) in [4.78, 5) is 15.5. The lowest BCUT2D eigenvalue weighted by molar-refractivity contribution is -0.120. The molecule has 0 unspecified atom stereocenters. The van der Waals surface area contributed by atoms with Crippen molar-refractivity contribution in [1.82, 2.24) is 16.0 Å². The van der Waals surface area contributed by atoms with Crippen molar-refractivity contribution in [2.45, 2.75) is 18.9 Å². The van der Waals surface area contributed by atoms with E-state index in [2.05, 4.69) is 33.1 Å². The fourth-order valence-electron chi connectivity index (χ4n) is 1.64. The quantitative estimate of drug-likeness (QED) is 0.262. The number of nitrogens with one attached hydrogen (secondary N) is 3. The van der Waals surface area contributed by atoms with Crippen LogP contribution < -0.4 is 16.0 Å². The fourth-order valence-corrected chi connectivity index (χ4v) is 1.64. The molecule has 102 valence electrons. The normalized spacial score (nSPS) is 15.8. The van der Waals surface area contributed by atoms with Crippen molar-refractivity contribution >= 4 is 11.9 Å². The highest BCUT2D eigenvalue weighted by Gasteiger charge is 2.11. The predicted molar refractivity (Wildman–Crippen MR) is 71.5 cm³/mol. The molecule has 0 heterocycles. The van der Waals surface area contributed by atoms with Crippen molar-refractivity contribution in [2.24, 2.45) is 4.99 Å². The van der Waals surface area contributed by atoms with E-state index in [0.717, 1.165) is 12.8 Å². The maximum Gasteiger partial charge on any atom is 0.239 e. The molecule has 6 nitrogen and oxygen atoms in total. The third kappa shape index (κ3) is 5.67. The summed E-state index contributed by atoms with van der Waals surface area (Å²) in [6.07, 6.45) is 6.28. The molecule has 0 spiro atoms. The van der Waals surface area contributed by atoms with Crippen LogP contribution in [0.4, 0.5) is 0 Å². The average Bonchev–Trinajstić information content (AvgIpc) is 2.87. The third-order valence-corrected chi connectivity index (χ3v) is 2.62. The number of carbonyl (C=O) groups is 1. The molecule has 18 heavy (non-hydrogen) atoms. The second kappa shape index (κ2) is 8.52. The number of rotatable bonds is 6. The molecule has 0 aromatic rings. The molecule has 1 rings (SSSR count). The summed E-state index contributed by atoms with van der Waals surface area (Å²) >= 11 is 0. The van der Waals surface area contributed by atoms with Gasteiger partial charge >= 0.3 is 0 Å². The Morgan fingerprint density at radius 1 is 1.39 bits per heavy atom. The van der Waals surface area contributed by atoms with Crippen molar-refractivity contribution in [3.8, 4) is 0 Å². The highest BCUT2D eigenvalue weighted by molar-refractivity contribution is 5.86. The van der Waals surface area contributed by atoms with Gasteiger partial charge in [0.05, 0.1) is 13.2 Å². The Morgan fingerprint density at radius 2 is 2.11 bits per heavy atom. The number of carbonyl (C=O) groups excluding carboxylic acids is 1. The van der Waals surface area contributed by atoms with Crippen molar-refractivity contribution < 1.29 is 9.53 Å². The molecule has 6 heteroatoms. The van der Waals surface area contributed by atoms with E-state index >= 15 is 0 Å². The molecular weight excluding hydrogens is 232 g/mol. The lowest BCUT2D eigenvalue weighted by atomic mass is 10.2. The second-order valence-corrected chi connectivity index (χ2v) is 4.05. The number of guanidine groups is 1. The monoisotopic (exact) mass is 254 g/mol. The lowest BCUT2D eigenvalue weighted by Crippen LogP contribution is -2.46. The summed E-state index contributed by atoms with van der Waals surface area (Å²) < 4.78 is 4.85. The minimum Gasteiger partial charge on any atom is -0.383 e. The van der Waals surface area contributed by atoms with Crippen LogP contribution in [0.25, 0.3) is 0 Å². The molecule has 0 aliphatic heterocycles. The van der Waals surface area contributed by atoms with E-state index in [1.807, 2.05) is 0 Å². The Labute approximate surface area is 108 Å². The highest BCUT2D eigenvalue weighted by Crippen LogP contribution is 2.08. The smallest absolute Gasteiger partial charge is 0.239 e. The van der Waals surface area contributed by atoms with Gasteiger partial charge < -0.3 is 20.7 Å².